The molecule has 0 bridgehead atoms. The summed E-state index contributed by atoms with van der Waals surface area (Å²) in [5.41, 5.74) is 1.29. The van der Waals surface area contributed by atoms with Gasteiger partial charge >= 0.3 is 0 Å². The topological polar surface area (TPSA) is 38.3 Å². The Morgan fingerprint density at radius 3 is 3.00 bits per heavy atom. The van der Waals surface area contributed by atoms with Crippen LogP contribution in [0.25, 0.3) is 6.08 Å². The van der Waals surface area contributed by atoms with Crippen LogP contribution in [0.4, 0.5) is 4.39 Å². The van der Waals surface area contributed by atoms with Gasteiger partial charge in [-0.05, 0) is 31.2 Å². The first-order chi connectivity index (χ1) is 9.49. The first kappa shape index (κ1) is 16.6. The van der Waals surface area contributed by atoms with E-state index in [4.69, 9.17) is 4.74 Å². The summed E-state index contributed by atoms with van der Waals surface area (Å²) in [6.45, 7) is 6.87. The van der Waals surface area contributed by atoms with E-state index >= 15 is 0 Å². The number of amides is 1. The van der Waals surface area contributed by atoms with Gasteiger partial charge in [0.05, 0.1) is 13.2 Å². The lowest BCUT2D eigenvalue weighted by Gasteiger charge is -2.04. The zero-order valence-electron chi connectivity index (χ0n) is 11.3. The molecule has 0 fully saturated rings. The molecule has 0 spiro atoms. The molecular weight excluding hydrogens is 325 g/mol. The SMILES string of the molecule is C=C(C)COCCNC(=O)/C=C/c1cc(Br)ccc1F. The van der Waals surface area contributed by atoms with Gasteiger partial charge in [-0.3, -0.25) is 4.79 Å². The molecule has 3 nitrogen and oxygen atoms in total. The first-order valence-corrected chi connectivity index (χ1v) is 6.91. The van der Waals surface area contributed by atoms with Crippen LogP contribution in [-0.2, 0) is 9.53 Å². The Balaban J connectivity index is 2.36. The number of nitrogens with one attached hydrogen (secondary N) is 1. The average Bonchev–Trinajstić information content (AvgIpc) is 2.39. The number of hydrogen-bond acceptors (Lipinski definition) is 2. The molecule has 0 saturated heterocycles. The number of benzene rings is 1. The Labute approximate surface area is 126 Å². The van der Waals surface area contributed by atoms with Crippen molar-refractivity contribution in [2.45, 2.75) is 6.92 Å². The molecule has 0 aliphatic rings. The summed E-state index contributed by atoms with van der Waals surface area (Å²) in [5.74, 6) is -0.662. The van der Waals surface area contributed by atoms with Crippen LogP contribution >= 0.6 is 15.9 Å². The fourth-order valence-electron chi connectivity index (χ4n) is 1.36. The predicted octanol–water partition coefficient (Wildman–Crippen LogP) is 3.31. The third-order valence-corrected chi connectivity index (χ3v) is 2.76. The van der Waals surface area contributed by atoms with Crippen LogP contribution < -0.4 is 5.32 Å². The molecule has 1 aromatic carbocycles. The Kier molecular flexibility index (Phi) is 7.18. The van der Waals surface area contributed by atoms with E-state index in [-0.39, 0.29) is 11.7 Å². The molecule has 0 heterocycles. The Morgan fingerprint density at radius 1 is 1.55 bits per heavy atom. The van der Waals surface area contributed by atoms with Crippen molar-refractivity contribution < 1.29 is 13.9 Å². The van der Waals surface area contributed by atoms with Crippen molar-refractivity contribution in [2.24, 2.45) is 0 Å². The van der Waals surface area contributed by atoms with Gasteiger partial charge in [0.15, 0.2) is 0 Å². The minimum atomic E-state index is -0.373. The van der Waals surface area contributed by atoms with E-state index in [0.29, 0.717) is 25.3 Å². The molecule has 1 N–H and O–H groups in total. The Bertz CT molecular complexity index is 515. The van der Waals surface area contributed by atoms with Gasteiger partial charge in [0.2, 0.25) is 5.91 Å². The number of hydrogen-bond donors (Lipinski definition) is 1. The van der Waals surface area contributed by atoms with E-state index < -0.39 is 0 Å². The Hall–Kier alpha value is -1.46. The van der Waals surface area contributed by atoms with Crippen LogP contribution in [0.5, 0.6) is 0 Å². The summed E-state index contributed by atoms with van der Waals surface area (Å²) in [7, 11) is 0. The van der Waals surface area contributed by atoms with Crippen LogP contribution in [0.2, 0.25) is 0 Å². The maximum Gasteiger partial charge on any atom is 0.244 e. The Morgan fingerprint density at radius 2 is 2.30 bits per heavy atom. The van der Waals surface area contributed by atoms with E-state index in [9.17, 15) is 9.18 Å². The molecule has 20 heavy (non-hydrogen) atoms. The van der Waals surface area contributed by atoms with Gasteiger partial charge < -0.3 is 10.1 Å². The van der Waals surface area contributed by atoms with E-state index in [2.05, 4.69) is 27.8 Å². The maximum absolute atomic E-state index is 13.4. The fourth-order valence-corrected chi connectivity index (χ4v) is 1.74. The van der Waals surface area contributed by atoms with Gasteiger partial charge in [0, 0.05) is 22.7 Å². The highest BCUT2D eigenvalue weighted by atomic mass is 79.9. The van der Waals surface area contributed by atoms with Crippen molar-refractivity contribution in [1.29, 1.82) is 0 Å². The third kappa shape index (κ3) is 6.63. The molecule has 0 radical (unpaired) electrons. The molecule has 108 valence electrons. The molecule has 0 saturated carbocycles. The molecule has 1 amide bonds. The summed E-state index contributed by atoms with van der Waals surface area (Å²) >= 11 is 3.25. The second-order valence-corrected chi connectivity index (χ2v) is 5.22. The summed E-state index contributed by atoms with van der Waals surface area (Å²) in [5, 5.41) is 2.65. The molecule has 0 aliphatic carbocycles. The number of carbonyl (C=O) groups is 1. The summed E-state index contributed by atoms with van der Waals surface area (Å²) in [6, 6.07) is 4.55. The fraction of sp³-hybridized carbons (Fsp3) is 0.267. The summed E-state index contributed by atoms with van der Waals surface area (Å²) in [6.07, 6.45) is 2.73. The minimum Gasteiger partial charge on any atom is -0.375 e. The second kappa shape index (κ2) is 8.66. The summed E-state index contributed by atoms with van der Waals surface area (Å²) in [4.78, 5) is 11.5. The van der Waals surface area contributed by atoms with Gasteiger partial charge in [-0.2, -0.15) is 0 Å². The molecule has 0 aromatic heterocycles. The van der Waals surface area contributed by atoms with Crippen molar-refractivity contribution in [3.63, 3.8) is 0 Å². The van der Waals surface area contributed by atoms with E-state index in [0.717, 1.165) is 10.0 Å². The normalized spacial score (nSPS) is 10.8. The van der Waals surface area contributed by atoms with Crippen molar-refractivity contribution >= 4 is 27.9 Å². The lowest BCUT2D eigenvalue weighted by atomic mass is 10.2. The minimum absolute atomic E-state index is 0.289. The van der Waals surface area contributed by atoms with Crippen LogP contribution in [0, 0.1) is 5.82 Å². The van der Waals surface area contributed by atoms with Crippen molar-refractivity contribution in [1.82, 2.24) is 5.32 Å². The molecular formula is C15H17BrFNO2. The highest BCUT2D eigenvalue weighted by molar-refractivity contribution is 9.10. The number of ether oxygens (including phenoxy) is 1. The van der Waals surface area contributed by atoms with Gasteiger partial charge in [-0.25, -0.2) is 4.39 Å². The zero-order chi connectivity index (χ0) is 15.0. The average molecular weight is 342 g/mol. The van der Waals surface area contributed by atoms with Crippen LogP contribution in [0.1, 0.15) is 12.5 Å². The predicted molar refractivity (Wildman–Crippen MR) is 81.8 cm³/mol. The molecule has 1 aromatic rings. The molecule has 5 heteroatoms. The van der Waals surface area contributed by atoms with E-state index in [1.807, 2.05) is 6.92 Å². The molecule has 0 aliphatic heterocycles. The monoisotopic (exact) mass is 341 g/mol. The van der Waals surface area contributed by atoms with Crippen molar-refractivity contribution in [2.75, 3.05) is 19.8 Å². The van der Waals surface area contributed by atoms with Crippen LogP contribution in [0.15, 0.2) is 40.9 Å². The van der Waals surface area contributed by atoms with Gasteiger partial charge in [0.1, 0.15) is 5.82 Å². The zero-order valence-corrected chi connectivity index (χ0v) is 12.9. The van der Waals surface area contributed by atoms with Crippen molar-refractivity contribution in [3.05, 3.63) is 52.3 Å². The van der Waals surface area contributed by atoms with Gasteiger partial charge in [-0.15, -0.1) is 0 Å². The standard InChI is InChI=1S/C15H17BrFNO2/c1-11(2)10-20-8-7-18-15(19)6-3-12-9-13(16)4-5-14(12)17/h3-6,9H,1,7-8,10H2,2H3,(H,18,19)/b6-3+. The highest BCUT2D eigenvalue weighted by Crippen LogP contribution is 2.16. The molecule has 0 unspecified atom stereocenters. The molecule has 1 rings (SSSR count). The molecule has 0 atom stereocenters. The maximum atomic E-state index is 13.4. The second-order valence-electron chi connectivity index (χ2n) is 4.30. The first-order valence-electron chi connectivity index (χ1n) is 6.12. The largest absolute Gasteiger partial charge is 0.375 e. The lowest BCUT2D eigenvalue weighted by molar-refractivity contribution is -0.116. The van der Waals surface area contributed by atoms with Crippen LogP contribution in [-0.4, -0.2) is 25.7 Å². The highest BCUT2D eigenvalue weighted by Gasteiger charge is 2.00. The third-order valence-electron chi connectivity index (χ3n) is 2.27. The quantitative estimate of drug-likeness (QED) is 0.469. The van der Waals surface area contributed by atoms with E-state index in [1.54, 1.807) is 12.1 Å². The van der Waals surface area contributed by atoms with Crippen LogP contribution in [0.3, 0.4) is 0 Å². The van der Waals surface area contributed by atoms with Gasteiger partial charge in [0.25, 0.3) is 0 Å². The van der Waals surface area contributed by atoms with E-state index in [1.165, 1.54) is 18.2 Å². The lowest BCUT2D eigenvalue weighted by Crippen LogP contribution is -2.25. The van der Waals surface area contributed by atoms with Gasteiger partial charge in [-0.1, -0.05) is 28.1 Å². The number of halogens is 2. The smallest absolute Gasteiger partial charge is 0.244 e. The summed E-state index contributed by atoms with van der Waals surface area (Å²) < 4.78 is 19.4. The number of rotatable bonds is 7. The van der Waals surface area contributed by atoms with Crippen molar-refractivity contribution in [3.8, 4) is 0 Å². The number of carbonyl (C=O) groups excluding carboxylic acids is 1.